The van der Waals surface area contributed by atoms with Crippen molar-refractivity contribution in [3.05, 3.63) is 24.2 Å². The van der Waals surface area contributed by atoms with E-state index < -0.39 is 0 Å². The summed E-state index contributed by atoms with van der Waals surface area (Å²) in [6.07, 6.45) is 2.78. The van der Waals surface area contributed by atoms with E-state index >= 15 is 0 Å². The zero-order valence-corrected chi connectivity index (χ0v) is 8.50. The molecule has 0 bridgehead atoms. The Bertz CT molecular complexity index is 302. The minimum Gasteiger partial charge on any atom is -0.469 e. The predicted molar refractivity (Wildman–Crippen MR) is 52.4 cm³/mol. The van der Waals surface area contributed by atoms with Crippen LogP contribution in [0, 0.1) is 5.41 Å². The van der Waals surface area contributed by atoms with Crippen molar-refractivity contribution in [1.82, 2.24) is 0 Å². The van der Waals surface area contributed by atoms with Crippen LogP contribution < -0.4 is 5.73 Å². The highest BCUT2D eigenvalue weighted by Crippen LogP contribution is 2.64. The van der Waals surface area contributed by atoms with E-state index in [1.807, 2.05) is 12.1 Å². The second kappa shape index (κ2) is 2.38. The quantitative estimate of drug-likeness (QED) is 0.756. The van der Waals surface area contributed by atoms with Crippen molar-refractivity contribution in [3.63, 3.8) is 0 Å². The van der Waals surface area contributed by atoms with Gasteiger partial charge >= 0.3 is 0 Å². The molecule has 2 unspecified atom stereocenters. The summed E-state index contributed by atoms with van der Waals surface area (Å²) in [6.45, 7) is 6.60. The van der Waals surface area contributed by atoms with Crippen LogP contribution in [0.3, 0.4) is 0 Å². The van der Waals surface area contributed by atoms with E-state index in [2.05, 4.69) is 20.8 Å². The first-order valence-electron chi connectivity index (χ1n) is 4.87. The van der Waals surface area contributed by atoms with Crippen molar-refractivity contribution in [2.75, 3.05) is 0 Å². The summed E-state index contributed by atoms with van der Waals surface area (Å²) in [4.78, 5) is 0. The summed E-state index contributed by atoms with van der Waals surface area (Å²) < 4.78 is 5.48. The van der Waals surface area contributed by atoms with Crippen LogP contribution in [0.25, 0.3) is 0 Å². The van der Waals surface area contributed by atoms with Gasteiger partial charge in [0.05, 0.1) is 11.7 Å². The lowest BCUT2D eigenvalue weighted by Crippen LogP contribution is -2.16. The van der Waals surface area contributed by atoms with Crippen LogP contribution in [0.5, 0.6) is 0 Å². The first-order chi connectivity index (χ1) is 6.07. The van der Waals surface area contributed by atoms with Gasteiger partial charge in [0.1, 0.15) is 5.76 Å². The molecule has 1 aliphatic rings. The number of rotatable bonds is 2. The average Bonchev–Trinajstić information content (AvgIpc) is 2.55. The van der Waals surface area contributed by atoms with Crippen molar-refractivity contribution in [1.29, 1.82) is 0 Å². The number of hydrogen-bond acceptors (Lipinski definition) is 2. The Morgan fingerprint density at radius 2 is 2.15 bits per heavy atom. The monoisotopic (exact) mass is 179 g/mol. The Morgan fingerprint density at radius 1 is 1.54 bits per heavy atom. The molecule has 0 saturated heterocycles. The van der Waals surface area contributed by atoms with Crippen molar-refractivity contribution < 1.29 is 4.42 Å². The third kappa shape index (κ3) is 0.819. The third-order valence-electron chi connectivity index (χ3n) is 3.89. The van der Waals surface area contributed by atoms with Gasteiger partial charge in [-0.05, 0) is 24.0 Å². The maximum absolute atomic E-state index is 6.12. The molecular formula is C11H17NO. The van der Waals surface area contributed by atoms with E-state index in [0.717, 1.165) is 12.2 Å². The van der Waals surface area contributed by atoms with Crippen LogP contribution in [0.15, 0.2) is 22.8 Å². The van der Waals surface area contributed by atoms with E-state index in [9.17, 15) is 0 Å². The summed E-state index contributed by atoms with van der Waals surface area (Å²) in [5, 5.41) is 0. The summed E-state index contributed by atoms with van der Waals surface area (Å²) in [6, 6.07) is 4.21. The highest BCUT2D eigenvalue weighted by molar-refractivity contribution is 5.37. The van der Waals surface area contributed by atoms with Crippen molar-refractivity contribution in [3.8, 4) is 0 Å². The standard InChI is InChI=1S/C11H17NO/c1-4-11(8-6-5-7-13-8)9(12)10(11,2)3/h5-7,9H,4,12H2,1-3H3. The number of furan rings is 1. The zero-order chi connectivity index (χ0) is 9.69. The Balaban J connectivity index is 2.41. The molecule has 0 radical (unpaired) electrons. The topological polar surface area (TPSA) is 39.2 Å². The first kappa shape index (κ1) is 8.82. The molecule has 13 heavy (non-hydrogen) atoms. The summed E-state index contributed by atoms with van der Waals surface area (Å²) in [5.41, 5.74) is 6.38. The number of hydrogen-bond donors (Lipinski definition) is 1. The molecule has 1 aliphatic carbocycles. The van der Waals surface area contributed by atoms with Gasteiger partial charge in [-0.2, -0.15) is 0 Å². The molecule has 0 amide bonds. The smallest absolute Gasteiger partial charge is 0.112 e. The third-order valence-corrected chi connectivity index (χ3v) is 3.89. The van der Waals surface area contributed by atoms with Crippen molar-refractivity contribution in [2.24, 2.45) is 11.1 Å². The second-order valence-electron chi connectivity index (χ2n) is 4.50. The molecule has 72 valence electrons. The van der Waals surface area contributed by atoms with Crippen LogP contribution >= 0.6 is 0 Å². The molecule has 0 aliphatic heterocycles. The summed E-state index contributed by atoms with van der Waals surface area (Å²) in [5.74, 6) is 1.05. The molecule has 1 aromatic heterocycles. The fourth-order valence-electron chi connectivity index (χ4n) is 2.75. The van der Waals surface area contributed by atoms with E-state index in [1.165, 1.54) is 0 Å². The van der Waals surface area contributed by atoms with Crippen molar-refractivity contribution in [2.45, 2.75) is 38.6 Å². The molecule has 2 heteroatoms. The molecule has 1 heterocycles. The van der Waals surface area contributed by atoms with Gasteiger partial charge in [0.25, 0.3) is 0 Å². The van der Waals surface area contributed by atoms with E-state index in [1.54, 1.807) is 6.26 Å². The zero-order valence-electron chi connectivity index (χ0n) is 8.50. The largest absolute Gasteiger partial charge is 0.469 e. The molecule has 0 aromatic carbocycles. The lowest BCUT2D eigenvalue weighted by molar-refractivity contribution is 0.383. The Hall–Kier alpha value is -0.760. The highest BCUT2D eigenvalue weighted by Gasteiger charge is 2.70. The fourth-order valence-corrected chi connectivity index (χ4v) is 2.75. The molecule has 0 spiro atoms. The lowest BCUT2D eigenvalue weighted by Gasteiger charge is -2.14. The lowest BCUT2D eigenvalue weighted by atomic mass is 9.90. The summed E-state index contributed by atoms with van der Waals surface area (Å²) in [7, 11) is 0. The molecule has 2 atom stereocenters. The highest BCUT2D eigenvalue weighted by atomic mass is 16.3. The van der Waals surface area contributed by atoms with E-state index in [-0.39, 0.29) is 16.9 Å². The van der Waals surface area contributed by atoms with Gasteiger partial charge < -0.3 is 10.2 Å². The molecule has 2 rings (SSSR count). The molecule has 2 N–H and O–H groups in total. The van der Waals surface area contributed by atoms with Crippen molar-refractivity contribution >= 4 is 0 Å². The molecule has 2 nitrogen and oxygen atoms in total. The van der Waals surface area contributed by atoms with Crippen LogP contribution in [0.2, 0.25) is 0 Å². The van der Waals surface area contributed by atoms with Gasteiger partial charge in [-0.15, -0.1) is 0 Å². The summed E-state index contributed by atoms with van der Waals surface area (Å²) >= 11 is 0. The molecule has 1 fully saturated rings. The van der Waals surface area contributed by atoms with Gasteiger partial charge in [-0.25, -0.2) is 0 Å². The maximum atomic E-state index is 6.12. The Kier molecular flexibility index (Phi) is 1.62. The molecule has 1 saturated carbocycles. The molecular weight excluding hydrogens is 162 g/mol. The van der Waals surface area contributed by atoms with Gasteiger partial charge in [-0.1, -0.05) is 20.8 Å². The fraction of sp³-hybridized carbons (Fsp3) is 0.636. The average molecular weight is 179 g/mol. The van der Waals surface area contributed by atoms with E-state index in [0.29, 0.717) is 0 Å². The Morgan fingerprint density at radius 3 is 2.46 bits per heavy atom. The number of nitrogens with two attached hydrogens (primary N) is 1. The maximum Gasteiger partial charge on any atom is 0.112 e. The molecule has 1 aromatic rings. The normalized spacial score (nSPS) is 36.2. The van der Waals surface area contributed by atoms with E-state index in [4.69, 9.17) is 10.2 Å². The van der Waals surface area contributed by atoms with Gasteiger partial charge in [0, 0.05) is 6.04 Å². The van der Waals surface area contributed by atoms with Crippen LogP contribution in [0.4, 0.5) is 0 Å². The predicted octanol–water partition coefficient (Wildman–Crippen LogP) is 2.29. The Labute approximate surface area is 79.1 Å². The van der Waals surface area contributed by atoms with Gasteiger partial charge in [0.2, 0.25) is 0 Å². The van der Waals surface area contributed by atoms with Gasteiger partial charge in [0.15, 0.2) is 0 Å². The van der Waals surface area contributed by atoms with Crippen LogP contribution in [-0.2, 0) is 5.41 Å². The van der Waals surface area contributed by atoms with Crippen LogP contribution in [0.1, 0.15) is 33.0 Å². The SMILES string of the molecule is CCC1(c2ccco2)C(N)C1(C)C. The van der Waals surface area contributed by atoms with Gasteiger partial charge in [-0.3, -0.25) is 0 Å². The first-order valence-corrected chi connectivity index (χ1v) is 4.87. The minimum atomic E-state index is 0.0799. The van der Waals surface area contributed by atoms with Crippen LogP contribution in [-0.4, -0.2) is 6.04 Å². The second-order valence-corrected chi connectivity index (χ2v) is 4.50. The minimum absolute atomic E-state index is 0.0799.